The minimum atomic E-state index is -1.35. The van der Waals surface area contributed by atoms with Crippen molar-refractivity contribution in [1.82, 2.24) is 0 Å². The van der Waals surface area contributed by atoms with Crippen molar-refractivity contribution in [3.8, 4) is 0 Å². The molecule has 19 heavy (non-hydrogen) atoms. The molecule has 0 rings (SSSR count). The highest BCUT2D eigenvalue weighted by Crippen LogP contribution is 2.16. The Kier molecular flexibility index (Phi) is 8.13. The molecule has 6 nitrogen and oxygen atoms in total. The van der Waals surface area contributed by atoms with Crippen LogP contribution in [0, 0.1) is 10.1 Å². The van der Waals surface area contributed by atoms with Gasteiger partial charge in [-0.2, -0.15) is 0 Å². The molecule has 0 saturated carbocycles. The van der Waals surface area contributed by atoms with Gasteiger partial charge in [0, 0.05) is 4.92 Å². The smallest absolute Gasteiger partial charge is 0.290 e. The molecular formula is C13H27NO5. The minimum Gasteiger partial charge on any atom is -0.371 e. The fraction of sp³-hybridized carbons (Fsp3) is 1.00. The van der Waals surface area contributed by atoms with E-state index in [1.54, 1.807) is 0 Å². The summed E-state index contributed by atoms with van der Waals surface area (Å²) in [5.41, 5.74) is -1.35. The van der Waals surface area contributed by atoms with E-state index in [1.807, 2.05) is 41.5 Å². The second kappa shape index (κ2) is 8.45. The van der Waals surface area contributed by atoms with E-state index in [4.69, 9.17) is 14.2 Å². The average Bonchev–Trinajstić information content (AvgIpc) is 2.27. The fourth-order valence-electron chi connectivity index (χ4n) is 1.25. The molecule has 114 valence electrons. The van der Waals surface area contributed by atoms with Crippen LogP contribution in [0.25, 0.3) is 0 Å². The SMILES string of the molecule is CC(C)OCC(COC(C)C)(COC(C)C)[N+](=O)[O-]. The van der Waals surface area contributed by atoms with Crippen LogP contribution in [-0.2, 0) is 14.2 Å². The molecule has 0 aliphatic carbocycles. The maximum atomic E-state index is 11.4. The van der Waals surface area contributed by atoms with Gasteiger partial charge in [-0.05, 0) is 41.5 Å². The summed E-state index contributed by atoms with van der Waals surface area (Å²) in [4.78, 5) is 11.1. The van der Waals surface area contributed by atoms with Gasteiger partial charge in [0.2, 0.25) is 0 Å². The Labute approximate surface area is 115 Å². The third-order valence-electron chi connectivity index (χ3n) is 2.44. The standard InChI is InChI=1S/C13H27NO5/c1-10(2)17-7-13(14(15)16,8-18-11(3)4)9-19-12(5)6/h10-12H,7-9H2,1-6H3. The van der Waals surface area contributed by atoms with Crippen LogP contribution in [0.1, 0.15) is 41.5 Å². The summed E-state index contributed by atoms with van der Waals surface area (Å²) in [6.45, 7) is 11.0. The number of hydrogen-bond donors (Lipinski definition) is 0. The number of nitrogens with zero attached hydrogens (tertiary/aromatic N) is 1. The van der Waals surface area contributed by atoms with Crippen molar-refractivity contribution in [2.45, 2.75) is 65.4 Å². The summed E-state index contributed by atoms with van der Waals surface area (Å²) in [7, 11) is 0. The molecule has 0 radical (unpaired) electrons. The zero-order valence-electron chi connectivity index (χ0n) is 12.8. The third-order valence-corrected chi connectivity index (χ3v) is 2.44. The van der Waals surface area contributed by atoms with Crippen molar-refractivity contribution in [2.75, 3.05) is 19.8 Å². The topological polar surface area (TPSA) is 70.8 Å². The first kappa shape index (κ1) is 18.3. The number of rotatable bonds is 10. The van der Waals surface area contributed by atoms with Gasteiger partial charge in [-0.15, -0.1) is 0 Å². The Morgan fingerprint density at radius 1 is 0.842 bits per heavy atom. The van der Waals surface area contributed by atoms with Gasteiger partial charge in [0.1, 0.15) is 19.8 Å². The lowest BCUT2D eigenvalue weighted by atomic mass is 10.0. The third kappa shape index (κ3) is 7.44. The molecule has 0 aromatic carbocycles. The van der Waals surface area contributed by atoms with Gasteiger partial charge in [0.25, 0.3) is 5.54 Å². The van der Waals surface area contributed by atoms with E-state index in [1.165, 1.54) is 0 Å². The highest BCUT2D eigenvalue weighted by atomic mass is 16.6. The summed E-state index contributed by atoms with van der Waals surface area (Å²) in [5.74, 6) is 0. The highest BCUT2D eigenvalue weighted by Gasteiger charge is 2.45. The van der Waals surface area contributed by atoms with Gasteiger partial charge >= 0.3 is 0 Å². The molecule has 0 fully saturated rings. The van der Waals surface area contributed by atoms with Gasteiger partial charge in [0.15, 0.2) is 0 Å². The average molecular weight is 277 g/mol. The number of ether oxygens (including phenoxy) is 3. The van der Waals surface area contributed by atoms with E-state index in [-0.39, 0.29) is 43.1 Å². The predicted molar refractivity (Wildman–Crippen MR) is 73.0 cm³/mol. The van der Waals surface area contributed by atoms with Crippen LogP contribution in [0.2, 0.25) is 0 Å². The lowest BCUT2D eigenvalue weighted by molar-refractivity contribution is -0.584. The van der Waals surface area contributed by atoms with Crippen molar-refractivity contribution in [3.05, 3.63) is 10.1 Å². The molecule has 0 aromatic rings. The van der Waals surface area contributed by atoms with Gasteiger partial charge in [0.05, 0.1) is 18.3 Å². The summed E-state index contributed by atoms with van der Waals surface area (Å²) in [5, 5.41) is 11.4. The van der Waals surface area contributed by atoms with E-state index in [0.717, 1.165) is 0 Å². The largest absolute Gasteiger partial charge is 0.371 e. The molecule has 0 saturated heterocycles. The summed E-state index contributed by atoms with van der Waals surface area (Å²) >= 11 is 0. The van der Waals surface area contributed by atoms with E-state index in [9.17, 15) is 10.1 Å². The van der Waals surface area contributed by atoms with Gasteiger partial charge in [-0.25, -0.2) is 0 Å². The normalized spacial score (nSPS) is 12.7. The van der Waals surface area contributed by atoms with Gasteiger partial charge in [-0.3, -0.25) is 10.1 Å². The van der Waals surface area contributed by atoms with Crippen LogP contribution in [0.15, 0.2) is 0 Å². The van der Waals surface area contributed by atoms with Crippen LogP contribution in [0.4, 0.5) is 0 Å². The summed E-state index contributed by atoms with van der Waals surface area (Å²) in [6.07, 6.45) is -0.215. The van der Waals surface area contributed by atoms with Crippen LogP contribution in [0.3, 0.4) is 0 Å². The first-order valence-corrected chi connectivity index (χ1v) is 6.69. The second-order valence-electron chi connectivity index (χ2n) is 5.56. The highest BCUT2D eigenvalue weighted by molar-refractivity contribution is 4.80. The van der Waals surface area contributed by atoms with Crippen molar-refractivity contribution in [2.24, 2.45) is 0 Å². The predicted octanol–water partition coefficient (Wildman–Crippen LogP) is 2.28. The Morgan fingerprint density at radius 3 is 1.26 bits per heavy atom. The van der Waals surface area contributed by atoms with E-state index in [2.05, 4.69) is 0 Å². The quantitative estimate of drug-likeness (QED) is 0.452. The summed E-state index contributed by atoms with van der Waals surface area (Å²) in [6, 6.07) is 0. The van der Waals surface area contributed by atoms with E-state index < -0.39 is 5.54 Å². The molecule has 0 amide bonds. The van der Waals surface area contributed by atoms with Gasteiger partial charge < -0.3 is 14.2 Å². The molecule has 0 spiro atoms. The van der Waals surface area contributed by atoms with Crippen LogP contribution in [0.5, 0.6) is 0 Å². The number of hydrogen-bond acceptors (Lipinski definition) is 5. The van der Waals surface area contributed by atoms with Gasteiger partial charge in [-0.1, -0.05) is 0 Å². The van der Waals surface area contributed by atoms with Crippen LogP contribution < -0.4 is 0 Å². The Balaban J connectivity index is 4.82. The maximum absolute atomic E-state index is 11.4. The molecule has 0 bridgehead atoms. The van der Waals surface area contributed by atoms with E-state index >= 15 is 0 Å². The molecule has 0 aliphatic rings. The zero-order chi connectivity index (χ0) is 15.1. The van der Waals surface area contributed by atoms with Crippen molar-refractivity contribution < 1.29 is 19.1 Å². The summed E-state index contributed by atoms with van der Waals surface area (Å²) < 4.78 is 16.3. The molecule has 0 atom stereocenters. The monoisotopic (exact) mass is 277 g/mol. The number of nitro groups is 1. The molecule has 0 N–H and O–H groups in total. The van der Waals surface area contributed by atoms with Crippen molar-refractivity contribution in [1.29, 1.82) is 0 Å². The van der Waals surface area contributed by atoms with Crippen molar-refractivity contribution in [3.63, 3.8) is 0 Å². The molecule has 0 unspecified atom stereocenters. The molecule has 0 heterocycles. The minimum absolute atomic E-state index is 0.0168. The molecular weight excluding hydrogens is 250 g/mol. The molecule has 0 aliphatic heterocycles. The maximum Gasteiger partial charge on any atom is 0.290 e. The first-order chi connectivity index (χ1) is 8.69. The molecule has 0 aromatic heterocycles. The lowest BCUT2D eigenvalue weighted by Gasteiger charge is -2.27. The van der Waals surface area contributed by atoms with Crippen molar-refractivity contribution >= 4 is 0 Å². The Morgan fingerprint density at radius 2 is 1.11 bits per heavy atom. The van der Waals surface area contributed by atoms with Crippen LogP contribution >= 0.6 is 0 Å². The second-order valence-corrected chi connectivity index (χ2v) is 5.56. The molecule has 6 heteroatoms. The Bertz CT molecular complexity index is 234. The Hall–Kier alpha value is -0.720. The van der Waals surface area contributed by atoms with Crippen LogP contribution in [-0.4, -0.2) is 48.6 Å². The van der Waals surface area contributed by atoms with E-state index in [0.29, 0.717) is 0 Å². The first-order valence-electron chi connectivity index (χ1n) is 6.69. The lowest BCUT2D eigenvalue weighted by Crippen LogP contribution is -2.52. The zero-order valence-corrected chi connectivity index (χ0v) is 12.8. The fourth-order valence-corrected chi connectivity index (χ4v) is 1.25.